The van der Waals surface area contributed by atoms with Gasteiger partial charge >= 0.3 is 11.9 Å². The molecule has 4 N–H and O–H groups in total. The molecule has 270 valence electrons. The number of allylic oxidation sites excluding steroid dienone is 2. The van der Waals surface area contributed by atoms with Crippen LogP contribution in [0.4, 0.5) is 0 Å². The third kappa shape index (κ3) is 30.7. The van der Waals surface area contributed by atoms with Gasteiger partial charge in [0.15, 0.2) is 0 Å². The first-order valence-electron chi connectivity index (χ1n) is 19.5. The maximum Gasteiger partial charge on any atom is 0.326 e. The van der Waals surface area contributed by atoms with Gasteiger partial charge in [0.05, 0.1) is 0 Å². The molecule has 46 heavy (non-hydrogen) atoms. The summed E-state index contributed by atoms with van der Waals surface area (Å²) in [6, 6.07) is -0.869. The van der Waals surface area contributed by atoms with Crippen LogP contribution in [0.3, 0.4) is 0 Å². The average Bonchev–Trinajstić information content (AvgIpc) is 3.03. The molecule has 7 heteroatoms. The van der Waals surface area contributed by atoms with E-state index in [9.17, 15) is 19.5 Å². The first-order valence-corrected chi connectivity index (χ1v) is 19.5. The normalized spacial score (nSPS) is 12.8. The highest BCUT2D eigenvalue weighted by molar-refractivity contribution is 5.83. The molecule has 0 spiro atoms. The van der Waals surface area contributed by atoms with Crippen molar-refractivity contribution in [1.82, 2.24) is 5.32 Å². The molecule has 2 atom stereocenters. The number of carbonyl (C=O) groups excluding carboxylic acids is 2. The number of carboxylic acid groups (broad SMARTS) is 1. The SMILES string of the molecule is CCCCCCCCCC/C=C\CCCCCCCCCCCC(=O)OC(CCC)CCCCCC(=O)NC(CCCN)C(=O)O. The molecule has 0 aromatic rings. The lowest BCUT2D eigenvalue weighted by atomic mass is 10.0. The first-order chi connectivity index (χ1) is 22.4. The van der Waals surface area contributed by atoms with Crippen molar-refractivity contribution in [3.8, 4) is 0 Å². The summed E-state index contributed by atoms with van der Waals surface area (Å²) < 4.78 is 5.78. The second kappa shape index (κ2) is 34.4. The van der Waals surface area contributed by atoms with Crippen molar-refractivity contribution in [3.05, 3.63) is 12.2 Å². The Hall–Kier alpha value is -1.89. The maximum atomic E-state index is 12.4. The van der Waals surface area contributed by atoms with E-state index in [1.165, 1.54) is 109 Å². The Balaban J connectivity index is 3.68. The van der Waals surface area contributed by atoms with Crippen molar-refractivity contribution in [2.24, 2.45) is 5.73 Å². The van der Waals surface area contributed by atoms with Crippen LogP contribution >= 0.6 is 0 Å². The molecule has 0 rings (SSSR count). The van der Waals surface area contributed by atoms with Crippen LogP contribution in [0.25, 0.3) is 0 Å². The van der Waals surface area contributed by atoms with Crippen LogP contribution in [0, 0.1) is 0 Å². The summed E-state index contributed by atoms with van der Waals surface area (Å²) in [5, 5.41) is 11.8. The minimum Gasteiger partial charge on any atom is -0.480 e. The topological polar surface area (TPSA) is 119 Å². The molecule has 7 nitrogen and oxygen atoms in total. The third-order valence-electron chi connectivity index (χ3n) is 8.81. The molecule has 0 heterocycles. The van der Waals surface area contributed by atoms with Gasteiger partial charge in [-0.25, -0.2) is 4.79 Å². The number of nitrogens with two attached hydrogens (primary N) is 1. The first kappa shape index (κ1) is 44.1. The fraction of sp³-hybridized carbons (Fsp3) is 0.872. The fourth-order valence-electron chi connectivity index (χ4n) is 5.91. The molecule has 0 saturated heterocycles. The van der Waals surface area contributed by atoms with E-state index in [2.05, 4.69) is 31.3 Å². The Morgan fingerprint density at radius 1 is 0.609 bits per heavy atom. The Morgan fingerprint density at radius 3 is 1.63 bits per heavy atom. The highest BCUT2D eigenvalue weighted by Gasteiger charge is 2.19. The number of unbranched alkanes of at least 4 members (excludes halogenated alkanes) is 19. The molecule has 0 saturated carbocycles. The van der Waals surface area contributed by atoms with E-state index < -0.39 is 12.0 Å². The zero-order valence-electron chi connectivity index (χ0n) is 30.2. The second-order valence-electron chi connectivity index (χ2n) is 13.3. The number of rotatable bonds is 35. The number of aliphatic carboxylic acids is 1. The number of carbonyl (C=O) groups is 3. The fourth-order valence-corrected chi connectivity index (χ4v) is 5.91. The lowest BCUT2D eigenvalue weighted by Gasteiger charge is -2.17. The van der Waals surface area contributed by atoms with E-state index in [0.29, 0.717) is 38.6 Å². The van der Waals surface area contributed by atoms with Crippen LogP contribution in [0.5, 0.6) is 0 Å². The third-order valence-corrected chi connectivity index (χ3v) is 8.81. The van der Waals surface area contributed by atoms with Gasteiger partial charge < -0.3 is 20.9 Å². The van der Waals surface area contributed by atoms with Crippen LogP contribution in [-0.4, -0.2) is 41.6 Å². The van der Waals surface area contributed by atoms with E-state index in [0.717, 1.165) is 44.9 Å². The van der Waals surface area contributed by atoms with E-state index in [-0.39, 0.29) is 18.0 Å². The van der Waals surface area contributed by atoms with Gasteiger partial charge in [0.25, 0.3) is 0 Å². The highest BCUT2D eigenvalue weighted by Crippen LogP contribution is 2.16. The van der Waals surface area contributed by atoms with Crippen molar-refractivity contribution in [3.63, 3.8) is 0 Å². The highest BCUT2D eigenvalue weighted by atomic mass is 16.5. The van der Waals surface area contributed by atoms with Crippen molar-refractivity contribution < 1.29 is 24.2 Å². The minimum atomic E-state index is -1.02. The molecule has 1 amide bonds. The Labute approximate surface area is 283 Å². The van der Waals surface area contributed by atoms with Crippen LogP contribution < -0.4 is 11.1 Å². The molecule has 0 aliphatic carbocycles. The molecule has 0 fully saturated rings. The van der Waals surface area contributed by atoms with Crippen molar-refractivity contribution in [2.45, 2.75) is 212 Å². The molecule has 0 aliphatic rings. The van der Waals surface area contributed by atoms with Gasteiger partial charge in [-0.3, -0.25) is 9.59 Å². The van der Waals surface area contributed by atoms with Gasteiger partial charge in [-0.15, -0.1) is 0 Å². The van der Waals surface area contributed by atoms with E-state index in [1.807, 2.05) is 0 Å². The molecule has 2 unspecified atom stereocenters. The second-order valence-corrected chi connectivity index (χ2v) is 13.3. The maximum absolute atomic E-state index is 12.4. The summed E-state index contributed by atoms with van der Waals surface area (Å²) in [5.74, 6) is -1.33. The van der Waals surface area contributed by atoms with Crippen LogP contribution in [-0.2, 0) is 19.1 Å². The van der Waals surface area contributed by atoms with Gasteiger partial charge in [-0.05, 0) is 77.2 Å². The van der Waals surface area contributed by atoms with Gasteiger partial charge in [0.1, 0.15) is 12.1 Å². The number of hydrogen-bond donors (Lipinski definition) is 3. The van der Waals surface area contributed by atoms with Crippen molar-refractivity contribution in [1.29, 1.82) is 0 Å². The van der Waals surface area contributed by atoms with Crippen molar-refractivity contribution in [2.75, 3.05) is 6.54 Å². The predicted octanol–water partition coefficient (Wildman–Crippen LogP) is 10.3. The smallest absolute Gasteiger partial charge is 0.326 e. The monoisotopic (exact) mass is 651 g/mol. The molecule has 0 radical (unpaired) electrons. The van der Waals surface area contributed by atoms with Gasteiger partial charge in [-0.2, -0.15) is 0 Å². The number of hydrogen-bond acceptors (Lipinski definition) is 5. The molecular formula is C39H74N2O5. The minimum absolute atomic E-state index is 0.0515. The number of esters is 1. The number of nitrogens with one attached hydrogen (secondary N) is 1. The largest absolute Gasteiger partial charge is 0.480 e. The molecule has 0 aromatic heterocycles. The standard InChI is InChI=1S/C39H74N2O5/c1-3-5-6-7-8-9-10-11-12-13-14-15-16-17-18-19-20-21-22-23-27-33-38(43)46-35(29-4-2)30-25-24-26-32-37(42)41-36(39(44)45)31-28-34-40/h13-14,35-36H,3-12,15-34,40H2,1-2H3,(H,41,42)(H,44,45)/b14-13-. The lowest BCUT2D eigenvalue weighted by molar-refractivity contribution is -0.150. The van der Waals surface area contributed by atoms with Gasteiger partial charge in [0.2, 0.25) is 5.91 Å². The Kier molecular flexibility index (Phi) is 33.0. The molecule has 0 bridgehead atoms. The summed E-state index contributed by atoms with van der Waals surface area (Å²) in [7, 11) is 0. The predicted molar refractivity (Wildman–Crippen MR) is 193 cm³/mol. The van der Waals surface area contributed by atoms with Crippen LogP contribution in [0.15, 0.2) is 12.2 Å². The molecule has 0 aliphatic heterocycles. The van der Waals surface area contributed by atoms with E-state index >= 15 is 0 Å². The zero-order chi connectivity index (χ0) is 33.9. The van der Waals surface area contributed by atoms with Crippen molar-refractivity contribution >= 4 is 17.8 Å². The summed E-state index contributed by atoms with van der Waals surface area (Å²) in [6.45, 7) is 4.78. The van der Waals surface area contributed by atoms with E-state index in [1.54, 1.807) is 0 Å². The molecular weight excluding hydrogens is 576 g/mol. The average molecular weight is 651 g/mol. The lowest BCUT2D eigenvalue weighted by Crippen LogP contribution is -2.40. The number of carboxylic acids is 1. The zero-order valence-corrected chi connectivity index (χ0v) is 30.2. The summed E-state index contributed by atoms with van der Waals surface area (Å²) in [4.78, 5) is 35.8. The van der Waals surface area contributed by atoms with Gasteiger partial charge in [0, 0.05) is 12.8 Å². The van der Waals surface area contributed by atoms with Crippen LogP contribution in [0.2, 0.25) is 0 Å². The molecule has 0 aromatic carbocycles. The quantitative estimate of drug-likeness (QED) is 0.0357. The summed E-state index contributed by atoms with van der Waals surface area (Å²) in [5.41, 5.74) is 5.45. The number of ether oxygens (including phenoxy) is 1. The summed E-state index contributed by atoms with van der Waals surface area (Å²) >= 11 is 0. The van der Waals surface area contributed by atoms with Crippen LogP contribution in [0.1, 0.15) is 200 Å². The van der Waals surface area contributed by atoms with E-state index in [4.69, 9.17) is 10.5 Å². The Bertz CT molecular complexity index is 742. The Morgan fingerprint density at radius 2 is 1.11 bits per heavy atom. The number of amides is 1. The van der Waals surface area contributed by atoms with Gasteiger partial charge in [-0.1, -0.05) is 129 Å². The summed E-state index contributed by atoms with van der Waals surface area (Å²) in [6.07, 6.45) is 36.2.